The van der Waals surface area contributed by atoms with Crippen LogP contribution in [0.25, 0.3) is 10.6 Å². The summed E-state index contributed by atoms with van der Waals surface area (Å²) in [5.74, 6) is 0.515. The van der Waals surface area contributed by atoms with Crippen LogP contribution in [0.3, 0.4) is 0 Å². The van der Waals surface area contributed by atoms with Gasteiger partial charge in [0.05, 0.1) is 21.3 Å². The number of rotatable bonds is 8. The van der Waals surface area contributed by atoms with Crippen molar-refractivity contribution in [2.45, 2.75) is 26.7 Å². The van der Waals surface area contributed by atoms with Crippen LogP contribution in [0.1, 0.15) is 23.5 Å². The van der Waals surface area contributed by atoms with Gasteiger partial charge in [-0.15, -0.1) is 11.3 Å². The van der Waals surface area contributed by atoms with E-state index in [4.69, 9.17) is 0 Å². The van der Waals surface area contributed by atoms with Crippen LogP contribution in [-0.2, 0) is 4.79 Å². The highest BCUT2D eigenvalue weighted by Crippen LogP contribution is 2.29. The summed E-state index contributed by atoms with van der Waals surface area (Å²) in [5, 5.41) is 7.17. The largest absolute Gasteiger partial charge is 0.326 e. The minimum Gasteiger partial charge on any atom is -0.326 e. The van der Waals surface area contributed by atoms with E-state index in [1.165, 1.54) is 0 Å². The summed E-state index contributed by atoms with van der Waals surface area (Å²) in [7, 11) is 4.00. The molecule has 7 nitrogen and oxygen atoms in total. The molecule has 0 saturated carbocycles. The lowest BCUT2D eigenvalue weighted by Gasteiger charge is -2.11. The van der Waals surface area contributed by atoms with Crippen molar-refractivity contribution in [1.82, 2.24) is 19.9 Å². The first kappa shape index (κ1) is 20.9. The van der Waals surface area contributed by atoms with Gasteiger partial charge in [-0.1, -0.05) is 6.07 Å². The second-order valence-corrected chi connectivity index (χ2v) is 8.28. The van der Waals surface area contributed by atoms with Gasteiger partial charge in [0, 0.05) is 24.0 Å². The number of thiazole rings is 1. The first-order valence-corrected chi connectivity index (χ1v) is 10.3. The van der Waals surface area contributed by atoms with E-state index in [9.17, 15) is 4.79 Å². The number of aryl methyl sites for hydroxylation is 2. The zero-order chi connectivity index (χ0) is 20.8. The number of anilines is 3. The van der Waals surface area contributed by atoms with E-state index in [0.717, 1.165) is 45.6 Å². The van der Waals surface area contributed by atoms with Gasteiger partial charge in [0.25, 0.3) is 0 Å². The Balaban J connectivity index is 1.67. The second-order valence-electron chi connectivity index (χ2n) is 7.07. The van der Waals surface area contributed by atoms with Crippen molar-refractivity contribution in [3.8, 4) is 10.6 Å². The Hall–Kier alpha value is -2.84. The molecule has 0 aliphatic carbocycles. The maximum absolute atomic E-state index is 12.1. The van der Waals surface area contributed by atoms with Crippen LogP contribution in [0.4, 0.5) is 17.3 Å². The van der Waals surface area contributed by atoms with Crippen LogP contribution in [0.2, 0.25) is 0 Å². The van der Waals surface area contributed by atoms with Gasteiger partial charge in [-0.05, 0) is 65.2 Å². The predicted octanol–water partition coefficient (Wildman–Crippen LogP) is 4.24. The molecule has 0 unspecified atom stereocenters. The Kier molecular flexibility index (Phi) is 6.90. The van der Waals surface area contributed by atoms with Crippen molar-refractivity contribution in [3.63, 3.8) is 0 Å². The molecule has 0 bridgehead atoms. The van der Waals surface area contributed by atoms with Crippen molar-refractivity contribution in [1.29, 1.82) is 0 Å². The van der Waals surface area contributed by atoms with Crippen LogP contribution >= 0.6 is 11.3 Å². The number of aromatic nitrogens is 3. The van der Waals surface area contributed by atoms with Crippen LogP contribution < -0.4 is 10.6 Å². The fraction of sp³-hybridized carbons (Fsp3) is 0.333. The molecule has 29 heavy (non-hydrogen) atoms. The van der Waals surface area contributed by atoms with Crippen molar-refractivity contribution in [3.05, 3.63) is 47.2 Å². The lowest BCUT2D eigenvalue weighted by atomic mass is 10.2. The van der Waals surface area contributed by atoms with Gasteiger partial charge in [-0.25, -0.2) is 15.0 Å². The maximum atomic E-state index is 12.1. The molecule has 0 aliphatic rings. The van der Waals surface area contributed by atoms with Crippen LogP contribution in [0, 0.1) is 13.8 Å². The Bertz CT molecular complexity index is 985. The molecule has 0 radical (unpaired) electrons. The van der Waals surface area contributed by atoms with E-state index in [1.807, 2.05) is 58.3 Å². The highest BCUT2D eigenvalue weighted by Gasteiger charge is 2.10. The number of nitrogens with one attached hydrogen (secondary N) is 2. The number of carbonyl (C=O) groups excluding carboxylic acids is 1. The van der Waals surface area contributed by atoms with Gasteiger partial charge >= 0.3 is 0 Å². The van der Waals surface area contributed by atoms with E-state index in [-0.39, 0.29) is 5.91 Å². The summed E-state index contributed by atoms with van der Waals surface area (Å²) in [6, 6.07) is 9.44. The Morgan fingerprint density at radius 1 is 1.14 bits per heavy atom. The molecule has 0 atom stereocenters. The van der Waals surface area contributed by atoms with Gasteiger partial charge in [-0.2, -0.15) is 0 Å². The monoisotopic (exact) mass is 410 g/mol. The first-order valence-electron chi connectivity index (χ1n) is 9.50. The molecule has 0 aliphatic heterocycles. The topological polar surface area (TPSA) is 83.0 Å². The predicted molar refractivity (Wildman–Crippen MR) is 119 cm³/mol. The molecule has 1 aromatic carbocycles. The SMILES string of the molecule is Cc1nc(C)c(-c2ccnc(Nc3cccc(NC(=O)CCCN(C)C)c3)n2)s1. The Morgan fingerprint density at radius 3 is 2.66 bits per heavy atom. The molecule has 0 saturated heterocycles. The fourth-order valence-corrected chi connectivity index (χ4v) is 3.79. The molecule has 152 valence electrons. The van der Waals surface area contributed by atoms with Gasteiger partial charge < -0.3 is 15.5 Å². The molecule has 2 aromatic heterocycles. The van der Waals surface area contributed by atoms with Crippen LogP contribution in [0.5, 0.6) is 0 Å². The van der Waals surface area contributed by atoms with Gasteiger partial charge in [-0.3, -0.25) is 4.79 Å². The number of benzene rings is 1. The number of carbonyl (C=O) groups is 1. The van der Waals surface area contributed by atoms with Crippen molar-refractivity contribution in [2.75, 3.05) is 31.3 Å². The average molecular weight is 411 g/mol. The van der Waals surface area contributed by atoms with E-state index in [1.54, 1.807) is 17.5 Å². The molecule has 3 rings (SSSR count). The lowest BCUT2D eigenvalue weighted by Crippen LogP contribution is -2.17. The van der Waals surface area contributed by atoms with Gasteiger partial charge in [0.1, 0.15) is 0 Å². The third-order valence-electron chi connectivity index (χ3n) is 4.20. The van der Waals surface area contributed by atoms with Gasteiger partial charge in [0.2, 0.25) is 11.9 Å². The minimum atomic E-state index is 0.0123. The second kappa shape index (κ2) is 9.58. The number of hydrogen-bond acceptors (Lipinski definition) is 7. The molecule has 2 N–H and O–H groups in total. The molecule has 0 spiro atoms. The van der Waals surface area contributed by atoms with E-state index >= 15 is 0 Å². The highest BCUT2D eigenvalue weighted by molar-refractivity contribution is 7.15. The Labute approximate surface area is 175 Å². The van der Waals surface area contributed by atoms with Crippen molar-refractivity contribution < 1.29 is 4.79 Å². The van der Waals surface area contributed by atoms with Crippen LogP contribution in [0.15, 0.2) is 36.5 Å². The molecule has 1 amide bonds. The number of amides is 1. The normalized spacial score (nSPS) is 10.9. The first-order chi connectivity index (χ1) is 13.9. The van der Waals surface area contributed by atoms with E-state index in [2.05, 4.69) is 30.5 Å². The quantitative estimate of drug-likeness (QED) is 0.578. The standard InChI is InChI=1S/C21H26N6OS/c1-14-20(29-15(2)23-14)18-10-11-22-21(26-18)25-17-8-5-7-16(13-17)24-19(28)9-6-12-27(3)4/h5,7-8,10-11,13H,6,9,12H2,1-4H3,(H,24,28)(H,22,25,26). The molecular weight excluding hydrogens is 384 g/mol. The maximum Gasteiger partial charge on any atom is 0.227 e. The van der Waals surface area contributed by atoms with Crippen molar-refractivity contribution in [2.24, 2.45) is 0 Å². The van der Waals surface area contributed by atoms with Crippen LogP contribution in [-0.4, -0.2) is 46.4 Å². The van der Waals surface area contributed by atoms with E-state index < -0.39 is 0 Å². The summed E-state index contributed by atoms with van der Waals surface area (Å²) >= 11 is 1.62. The summed E-state index contributed by atoms with van der Waals surface area (Å²) in [6.07, 6.45) is 3.05. The summed E-state index contributed by atoms with van der Waals surface area (Å²) in [4.78, 5) is 28.6. The highest BCUT2D eigenvalue weighted by atomic mass is 32.1. The zero-order valence-corrected chi connectivity index (χ0v) is 18.0. The lowest BCUT2D eigenvalue weighted by molar-refractivity contribution is -0.116. The summed E-state index contributed by atoms with van der Waals surface area (Å²) < 4.78 is 0. The zero-order valence-electron chi connectivity index (χ0n) is 17.2. The third kappa shape index (κ3) is 6.07. The molecule has 0 fully saturated rings. The minimum absolute atomic E-state index is 0.0123. The third-order valence-corrected chi connectivity index (χ3v) is 5.30. The van der Waals surface area contributed by atoms with Gasteiger partial charge in [0.15, 0.2) is 0 Å². The molecule has 2 heterocycles. The van der Waals surface area contributed by atoms with E-state index in [0.29, 0.717) is 12.4 Å². The summed E-state index contributed by atoms with van der Waals surface area (Å²) in [6.45, 7) is 4.86. The van der Waals surface area contributed by atoms with Crippen molar-refractivity contribution >= 4 is 34.6 Å². The average Bonchev–Trinajstić information content (AvgIpc) is 3.00. The summed E-state index contributed by atoms with van der Waals surface area (Å²) in [5.41, 5.74) is 3.37. The fourth-order valence-electron chi connectivity index (χ4n) is 2.90. The smallest absolute Gasteiger partial charge is 0.227 e. The molecular formula is C21H26N6OS. The number of nitrogens with zero attached hydrogens (tertiary/aromatic N) is 4. The molecule has 3 aromatic rings. The Morgan fingerprint density at radius 2 is 1.93 bits per heavy atom. The number of hydrogen-bond donors (Lipinski definition) is 2. The molecule has 8 heteroatoms.